The van der Waals surface area contributed by atoms with Gasteiger partial charge in [-0.2, -0.15) is 23.3 Å². The van der Waals surface area contributed by atoms with E-state index in [1.54, 1.807) is 12.0 Å². The van der Waals surface area contributed by atoms with Crippen LogP contribution in [0.3, 0.4) is 0 Å². The van der Waals surface area contributed by atoms with E-state index in [1.807, 2.05) is 6.07 Å². The molecule has 310 valence electrons. The zero-order chi connectivity index (χ0) is 40.8. The van der Waals surface area contributed by atoms with Crippen molar-refractivity contribution in [3.8, 4) is 33.4 Å². The van der Waals surface area contributed by atoms with Crippen molar-refractivity contribution in [1.29, 1.82) is 0 Å². The van der Waals surface area contributed by atoms with Gasteiger partial charge in [0.25, 0.3) is 0 Å². The maximum absolute atomic E-state index is 3.88. The van der Waals surface area contributed by atoms with Crippen LogP contribution in [0.5, 0.6) is 0 Å². The Labute approximate surface area is 389 Å². The van der Waals surface area contributed by atoms with Gasteiger partial charge in [0, 0.05) is 0 Å². The van der Waals surface area contributed by atoms with Gasteiger partial charge in [0.2, 0.25) is 0 Å². The molecule has 0 radical (unpaired) electrons. The Balaban J connectivity index is 0.000000185. The quantitative estimate of drug-likeness (QED) is 0.155. The van der Waals surface area contributed by atoms with Crippen LogP contribution >= 0.6 is 0 Å². The van der Waals surface area contributed by atoms with Crippen LogP contribution in [-0.2, 0) is 46.9 Å². The summed E-state index contributed by atoms with van der Waals surface area (Å²) in [6.45, 7) is 18.7. The molecule has 0 N–H and O–H groups in total. The normalized spacial score (nSPS) is 21.8. The van der Waals surface area contributed by atoms with Gasteiger partial charge in [-0.1, -0.05) is 150 Å². The predicted octanol–water partition coefficient (Wildman–Crippen LogP) is 8.81. The van der Waals surface area contributed by atoms with Crippen molar-refractivity contribution in [1.82, 2.24) is 0 Å². The van der Waals surface area contributed by atoms with Gasteiger partial charge in [-0.3, -0.25) is 0 Å². The van der Waals surface area contributed by atoms with Gasteiger partial charge >= 0.3 is 63.8 Å². The third-order valence-corrected chi connectivity index (χ3v) is 15.0. The van der Waals surface area contributed by atoms with Crippen molar-refractivity contribution in [2.75, 3.05) is 0 Å². The van der Waals surface area contributed by atoms with E-state index in [2.05, 4.69) is 186 Å². The molecule has 0 nitrogen and oxygen atoms in total. The van der Waals surface area contributed by atoms with Gasteiger partial charge in [0.1, 0.15) is 0 Å². The fourth-order valence-electron chi connectivity index (χ4n) is 11.2. The standard InChI is InChI=1S/C33H33.C17H23.C7H6.2ClH.Zr/c1-32(2,3)30-20-26-24(18-28(30)22-13-9-7-10-14-22)17-25-19-29(23-15-11-8-12-16-23)31(21-27(25)26)33(4,5)6;1-11-3-4-14(5-11)17(2)15-7-12-6-13(9-15)10-16(17)8-12;1-7-5-3-2-4-6-7;;;/h7-16,18,20-21H,17H2,1-6H3;3-5,12-13,15-16H,6-10H2,1-2H3;1-6H;2*1H;/q2*-1;;;;+2/p-2. The van der Waals surface area contributed by atoms with Crippen LogP contribution in [-0.4, -0.2) is 3.71 Å². The summed E-state index contributed by atoms with van der Waals surface area (Å²) < 4.78 is 2.17. The minimum atomic E-state index is 0. The second kappa shape index (κ2) is 18.6. The number of benzene rings is 5. The van der Waals surface area contributed by atoms with E-state index in [0.29, 0.717) is 5.41 Å². The zero-order valence-corrected chi connectivity index (χ0v) is 41.0. The second-order valence-electron chi connectivity index (χ2n) is 20.2. The summed E-state index contributed by atoms with van der Waals surface area (Å²) in [5, 5.41) is 0. The van der Waals surface area contributed by atoms with Crippen LogP contribution in [0.2, 0.25) is 0 Å². The molecule has 6 aromatic carbocycles. The Hall–Kier alpha value is -3.22. The Morgan fingerprint density at radius 2 is 1.15 bits per heavy atom. The predicted molar refractivity (Wildman–Crippen MR) is 245 cm³/mol. The summed E-state index contributed by atoms with van der Waals surface area (Å²) >= 11 is 1.46. The van der Waals surface area contributed by atoms with Crippen LogP contribution in [0.4, 0.5) is 0 Å². The first-order chi connectivity index (χ1) is 27.7. The molecule has 0 aliphatic heterocycles. The average Bonchev–Trinajstić information content (AvgIpc) is 3.82. The van der Waals surface area contributed by atoms with Gasteiger partial charge < -0.3 is 24.8 Å². The van der Waals surface area contributed by atoms with E-state index in [4.69, 9.17) is 0 Å². The van der Waals surface area contributed by atoms with E-state index < -0.39 is 0 Å². The molecule has 0 unspecified atom stereocenters. The van der Waals surface area contributed by atoms with Crippen LogP contribution < -0.4 is 24.8 Å². The number of aryl methyl sites for hydroxylation is 1. The van der Waals surface area contributed by atoms with Crippen molar-refractivity contribution in [3.05, 3.63) is 172 Å². The number of fused-ring (bicyclic) bond motifs is 3. The first kappa shape index (κ1) is 46.3. The van der Waals surface area contributed by atoms with Crippen molar-refractivity contribution in [2.24, 2.45) is 23.7 Å². The van der Waals surface area contributed by atoms with Crippen molar-refractivity contribution in [2.45, 2.75) is 110 Å². The molecule has 0 spiro atoms. The topological polar surface area (TPSA) is 0 Å². The molecular weight excluding hydrogens is 847 g/mol. The first-order valence-electron chi connectivity index (χ1n) is 21.9. The summed E-state index contributed by atoms with van der Waals surface area (Å²) in [7, 11) is 0. The Bertz CT molecular complexity index is 2240. The first-order valence-corrected chi connectivity index (χ1v) is 23.3. The minimum absolute atomic E-state index is 0. The SMILES string of the molecule is CC(C)(C)c1cc2c([c-]c1-c1ccccc1)Cc1cc(-c3ccccc3)c(C(C)(C)C)cc1-2.Cc1cc(C2(C)C3CC4CC(C3)CC2C4)c[cH-]1.[Cl-].[Cl-].[Zr+2]=[CH]c1ccccc1. The third-order valence-electron chi connectivity index (χ3n) is 14.2. The van der Waals surface area contributed by atoms with Gasteiger partial charge in [0.15, 0.2) is 0 Å². The fraction of sp³-hybridized carbons (Fsp3) is 0.368. The van der Waals surface area contributed by atoms with E-state index in [-0.39, 0.29) is 35.6 Å². The summed E-state index contributed by atoms with van der Waals surface area (Å²) in [5.41, 5.74) is 18.5. The molecule has 60 heavy (non-hydrogen) atoms. The molecule has 4 saturated carbocycles. The Morgan fingerprint density at radius 1 is 0.633 bits per heavy atom. The molecule has 0 heterocycles. The average molecular weight is 909 g/mol. The molecule has 5 aliphatic rings. The molecule has 4 bridgehead atoms. The van der Waals surface area contributed by atoms with Crippen LogP contribution in [0, 0.1) is 36.7 Å². The van der Waals surface area contributed by atoms with E-state index in [0.717, 1.165) is 30.1 Å². The van der Waals surface area contributed by atoms with Crippen LogP contribution in [0.25, 0.3) is 33.4 Å². The third kappa shape index (κ3) is 9.41. The molecule has 0 aromatic heterocycles. The van der Waals surface area contributed by atoms with Crippen LogP contribution in [0.15, 0.2) is 127 Å². The monoisotopic (exact) mass is 906 g/mol. The van der Waals surface area contributed by atoms with E-state index in [1.165, 1.54) is 117 Å². The van der Waals surface area contributed by atoms with Crippen LogP contribution in [0.1, 0.15) is 120 Å². The van der Waals surface area contributed by atoms with Crippen molar-refractivity contribution in [3.63, 3.8) is 0 Å². The Kier molecular flexibility index (Phi) is 14.4. The molecule has 6 aromatic rings. The number of hydrogen-bond donors (Lipinski definition) is 0. The molecule has 0 amide bonds. The summed E-state index contributed by atoms with van der Waals surface area (Å²) in [6.07, 6.45) is 8.59. The molecule has 4 fully saturated rings. The summed E-state index contributed by atoms with van der Waals surface area (Å²) in [4.78, 5) is 0. The summed E-state index contributed by atoms with van der Waals surface area (Å²) in [5.74, 6) is 4.14. The van der Waals surface area contributed by atoms with Crippen molar-refractivity contribution < 1.29 is 49.0 Å². The fourth-order valence-corrected chi connectivity index (χ4v) is 11.7. The van der Waals surface area contributed by atoms with E-state index >= 15 is 0 Å². The number of halogens is 2. The van der Waals surface area contributed by atoms with Gasteiger partial charge in [0.05, 0.1) is 0 Å². The zero-order valence-electron chi connectivity index (χ0n) is 37.0. The summed E-state index contributed by atoms with van der Waals surface area (Å²) in [6, 6.07) is 50.4. The van der Waals surface area contributed by atoms with Gasteiger partial charge in [-0.05, 0) is 95.3 Å². The van der Waals surface area contributed by atoms with Gasteiger partial charge in [-0.15, -0.1) is 28.8 Å². The van der Waals surface area contributed by atoms with Crippen molar-refractivity contribution >= 4 is 3.71 Å². The van der Waals surface area contributed by atoms with Gasteiger partial charge in [-0.25, -0.2) is 6.07 Å². The molecular formula is C57H62Cl2Zr-2. The molecule has 11 rings (SSSR count). The molecule has 0 atom stereocenters. The number of hydrogen-bond acceptors (Lipinski definition) is 0. The number of rotatable bonds is 4. The Morgan fingerprint density at radius 3 is 1.63 bits per heavy atom. The second-order valence-corrected chi connectivity index (χ2v) is 20.9. The molecule has 5 aliphatic carbocycles. The maximum atomic E-state index is 3.88. The molecule has 0 saturated heterocycles. The molecule has 3 heteroatoms. The van der Waals surface area contributed by atoms with E-state index in [9.17, 15) is 0 Å².